The molecule has 0 heterocycles. The second-order valence-electron chi connectivity index (χ2n) is 1.61. The quantitative estimate of drug-likeness (QED) is 0.581. The van der Waals surface area contributed by atoms with Crippen LogP contribution < -0.4 is 9.67 Å². The normalized spacial score (nSPS) is 10.0. The van der Waals surface area contributed by atoms with Gasteiger partial charge in [-0.05, 0) is 29.7 Å². The highest BCUT2D eigenvalue weighted by molar-refractivity contribution is 7.16. The summed E-state index contributed by atoms with van der Waals surface area (Å²) in [7, 11) is 2.20. The van der Waals surface area contributed by atoms with Crippen molar-refractivity contribution in [3.8, 4) is 0 Å². The van der Waals surface area contributed by atoms with E-state index < -0.39 is 12.1 Å². The average Bonchev–Trinajstić information content (AvgIpc) is 1.99. The van der Waals surface area contributed by atoms with Gasteiger partial charge in [0.25, 0.3) is 0 Å². The molecule has 0 bridgehead atoms. The lowest BCUT2D eigenvalue weighted by molar-refractivity contribution is -0.173. The van der Waals surface area contributed by atoms with E-state index in [9.17, 15) is 18.0 Å². The zero-order chi connectivity index (χ0) is 10.9. The molecular weight excluding hydrogens is 251 g/mol. The van der Waals surface area contributed by atoms with Gasteiger partial charge in [0.2, 0.25) is 0 Å². The lowest BCUT2D eigenvalue weighted by Crippen LogP contribution is -2.37. The molecule has 0 aliphatic heterocycles. The molecule has 1 amide bonds. The summed E-state index contributed by atoms with van der Waals surface area (Å²) in [5.41, 5.74) is 0. The molecule has 0 spiro atoms. The van der Waals surface area contributed by atoms with Crippen LogP contribution in [0.25, 0.3) is 0 Å². The maximum absolute atomic E-state index is 11.4. The summed E-state index contributed by atoms with van der Waals surface area (Å²) in [4.78, 5) is 9.98. The number of carbonyl (C=O) groups is 1. The van der Waals surface area contributed by atoms with Crippen molar-refractivity contribution in [3.05, 3.63) is 0 Å². The van der Waals surface area contributed by atoms with Crippen LogP contribution in [0.4, 0.5) is 13.2 Å². The van der Waals surface area contributed by atoms with E-state index in [2.05, 4.69) is 32.8 Å². The van der Waals surface area contributed by atoms with E-state index in [1.165, 1.54) is 0 Å². The van der Waals surface area contributed by atoms with Crippen molar-refractivity contribution in [2.24, 2.45) is 0 Å². The minimum atomic E-state index is -4.75. The third kappa shape index (κ3) is 12.2. The minimum Gasteiger partial charge on any atom is -0.348 e. The summed E-state index contributed by atoms with van der Waals surface area (Å²) in [5, 5.41) is 1.69. The maximum atomic E-state index is 11.4. The van der Waals surface area contributed by atoms with Gasteiger partial charge in [-0.2, -0.15) is 13.2 Å². The molecule has 13 heavy (non-hydrogen) atoms. The Bertz CT molecular complexity index is 146. The number of nitrogens with one attached hydrogen (secondary N) is 2. The third-order valence-electron chi connectivity index (χ3n) is 0.687. The number of hydrogen-bond donors (Lipinski definition) is 2. The molecule has 80 valence electrons. The van der Waals surface area contributed by atoms with Crippen molar-refractivity contribution < 1.29 is 18.0 Å². The van der Waals surface area contributed by atoms with Gasteiger partial charge in [0.1, 0.15) is 0 Å². The van der Waals surface area contributed by atoms with E-state index in [0.717, 1.165) is 0 Å². The molecule has 0 aliphatic carbocycles. The van der Waals surface area contributed by atoms with E-state index in [1.807, 2.05) is 0 Å². The maximum Gasteiger partial charge on any atom is 0.471 e. The monoisotopic (exact) mass is 258 g/mol. The van der Waals surface area contributed by atoms with Gasteiger partial charge in [0.15, 0.2) is 0 Å². The molecule has 0 aliphatic rings. The summed E-state index contributed by atoms with van der Waals surface area (Å²) in [5.74, 6) is -1.88. The molecule has 9 heteroatoms. The van der Waals surface area contributed by atoms with Crippen molar-refractivity contribution in [2.75, 3.05) is 12.7 Å². The molecule has 2 N–H and O–H groups in total. The highest BCUT2D eigenvalue weighted by Crippen LogP contribution is 2.13. The van der Waals surface area contributed by atoms with Crippen molar-refractivity contribution in [3.63, 3.8) is 0 Å². The number of amides is 1. The van der Waals surface area contributed by atoms with Gasteiger partial charge in [-0.25, -0.2) is 0 Å². The Morgan fingerprint density at radius 3 is 2.00 bits per heavy atom. The van der Waals surface area contributed by atoms with Gasteiger partial charge in [-0.3, -0.25) is 4.79 Å². The summed E-state index contributed by atoms with van der Waals surface area (Å²) in [6.07, 6.45) is -4.33. The van der Waals surface area contributed by atoms with Crippen LogP contribution in [-0.2, 0) is 4.79 Å². The van der Waals surface area contributed by atoms with Crippen LogP contribution in [0.15, 0.2) is 0 Å². The van der Waals surface area contributed by atoms with Crippen LogP contribution in [-0.4, -0.2) is 24.8 Å². The van der Waals surface area contributed by atoms with E-state index >= 15 is 0 Å². The third-order valence-corrected chi connectivity index (χ3v) is 0.976. The number of rotatable bonds is 2. The first-order valence-corrected chi connectivity index (χ1v) is 4.48. The predicted octanol–water partition coefficient (Wildman–Crippen LogP) is 1.42. The Balaban J connectivity index is 0. The topological polar surface area (TPSA) is 41.1 Å². The lowest BCUT2D eigenvalue weighted by atomic mass is 10.5. The SMILES string of the molecule is ClNCl.O=C(NCCP)C(F)(F)F. The number of halogens is 5. The Kier molecular flexibility index (Phi) is 10.6. The second kappa shape index (κ2) is 8.81. The molecule has 0 fully saturated rings. The van der Waals surface area contributed by atoms with E-state index in [1.54, 1.807) is 9.67 Å². The van der Waals surface area contributed by atoms with Crippen LogP contribution in [0.3, 0.4) is 0 Å². The molecule has 3 nitrogen and oxygen atoms in total. The van der Waals surface area contributed by atoms with Crippen molar-refractivity contribution in [1.29, 1.82) is 0 Å². The Morgan fingerprint density at radius 1 is 1.38 bits per heavy atom. The molecule has 0 aromatic heterocycles. The molecule has 1 atom stereocenters. The highest BCUT2D eigenvalue weighted by atomic mass is 35.5. The second-order valence-corrected chi connectivity index (χ2v) is 2.76. The molecule has 0 saturated carbocycles. The number of carbonyl (C=O) groups excluding carboxylic acids is 1. The van der Waals surface area contributed by atoms with Crippen LogP contribution >= 0.6 is 32.8 Å². The number of alkyl halides is 3. The minimum absolute atomic E-state index is 0.0308. The molecule has 1 unspecified atom stereocenters. The van der Waals surface area contributed by atoms with Gasteiger partial charge in [0.05, 0.1) is 0 Å². The Labute approximate surface area is 85.8 Å². The van der Waals surface area contributed by atoms with Gasteiger partial charge in [-0.15, -0.1) is 13.6 Å². The molecule has 0 saturated heterocycles. The summed E-state index contributed by atoms with van der Waals surface area (Å²) in [6.45, 7) is 0.0308. The fraction of sp³-hybridized carbons (Fsp3) is 0.750. The summed E-state index contributed by atoms with van der Waals surface area (Å²) in [6, 6.07) is 0. The van der Waals surface area contributed by atoms with Gasteiger partial charge >= 0.3 is 12.1 Å². The van der Waals surface area contributed by atoms with E-state index in [0.29, 0.717) is 6.16 Å². The largest absolute Gasteiger partial charge is 0.471 e. The number of hydrogen-bond acceptors (Lipinski definition) is 2. The highest BCUT2D eigenvalue weighted by Gasteiger charge is 2.37. The Hall–Kier alpha value is 0.230. The van der Waals surface area contributed by atoms with Crippen LogP contribution in [0.1, 0.15) is 0 Å². The van der Waals surface area contributed by atoms with E-state index in [-0.39, 0.29) is 6.54 Å². The predicted molar refractivity (Wildman–Crippen MR) is 48.5 cm³/mol. The van der Waals surface area contributed by atoms with Crippen molar-refractivity contribution in [1.82, 2.24) is 9.67 Å². The van der Waals surface area contributed by atoms with E-state index in [4.69, 9.17) is 0 Å². The van der Waals surface area contributed by atoms with Crippen LogP contribution in [0.5, 0.6) is 0 Å². The molecule has 0 aromatic rings. The molecule has 0 rings (SSSR count). The zero-order valence-corrected chi connectivity index (χ0v) is 8.96. The van der Waals surface area contributed by atoms with Gasteiger partial charge < -0.3 is 5.32 Å². The average molecular weight is 259 g/mol. The smallest absolute Gasteiger partial charge is 0.348 e. The zero-order valence-electron chi connectivity index (χ0n) is 6.29. The lowest BCUT2D eigenvalue weighted by Gasteiger charge is -2.05. The Morgan fingerprint density at radius 2 is 1.77 bits per heavy atom. The first-order valence-electron chi connectivity index (χ1n) is 2.91. The van der Waals surface area contributed by atoms with Gasteiger partial charge in [-0.1, -0.05) is 0 Å². The summed E-state index contributed by atoms with van der Waals surface area (Å²) < 4.78 is 35.8. The van der Waals surface area contributed by atoms with Crippen molar-refractivity contribution in [2.45, 2.75) is 6.18 Å². The molecule has 0 radical (unpaired) electrons. The van der Waals surface area contributed by atoms with Gasteiger partial charge in [0, 0.05) is 6.54 Å². The van der Waals surface area contributed by atoms with Crippen LogP contribution in [0, 0.1) is 0 Å². The molecule has 0 aromatic carbocycles. The first kappa shape index (κ1) is 15.7. The fourth-order valence-electron chi connectivity index (χ4n) is 0.286. The van der Waals surface area contributed by atoms with Crippen LogP contribution in [0.2, 0.25) is 0 Å². The fourth-order valence-corrected chi connectivity index (χ4v) is 0.430. The first-order chi connectivity index (χ1) is 5.90. The van der Waals surface area contributed by atoms with Crippen molar-refractivity contribution >= 4 is 38.7 Å². The standard InChI is InChI=1S/C4H7F3NOP.Cl2HN/c5-4(6,7)3(9)8-1-2-10;1-3-2/h1-2,10H2,(H,8,9);3H. The summed E-state index contributed by atoms with van der Waals surface area (Å²) >= 11 is 9.03. The molecular formula is C4H8Cl2F3N2OP.